The van der Waals surface area contributed by atoms with Gasteiger partial charge in [-0.15, -0.1) is 0 Å². The SMILES string of the molecule is CCCCCCCCCCCCCCCCCCCC(=O)O[C@@H](COC(=O)CCCCCCCCCCCCCCCC(C)C)COC(=O)CCCCCCCCC(C)CC. The minimum atomic E-state index is -0.762. The maximum atomic E-state index is 12.8. The Balaban J connectivity index is 4.28. The Kier molecular flexibility index (Phi) is 46.6. The summed E-state index contributed by atoms with van der Waals surface area (Å²) in [6.07, 6.45) is 49.5. The van der Waals surface area contributed by atoms with E-state index < -0.39 is 6.10 Å². The molecule has 362 valence electrons. The van der Waals surface area contributed by atoms with Crippen molar-refractivity contribution >= 4 is 17.9 Å². The van der Waals surface area contributed by atoms with E-state index in [-0.39, 0.29) is 31.1 Å². The van der Waals surface area contributed by atoms with Crippen LogP contribution in [0, 0.1) is 11.8 Å². The molecular weight excluding hydrogens is 757 g/mol. The molecule has 0 aromatic heterocycles. The van der Waals surface area contributed by atoms with Gasteiger partial charge in [0.2, 0.25) is 0 Å². The van der Waals surface area contributed by atoms with Gasteiger partial charge in [0.1, 0.15) is 13.2 Å². The van der Waals surface area contributed by atoms with Crippen LogP contribution >= 0.6 is 0 Å². The molecule has 0 saturated heterocycles. The average Bonchev–Trinajstić information content (AvgIpc) is 3.24. The van der Waals surface area contributed by atoms with Gasteiger partial charge >= 0.3 is 17.9 Å². The highest BCUT2D eigenvalue weighted by molar-refractivity contribution is 5.71. The normalized spacial score (nSPS) is 12.5. The van der Waals surface area contributed by atoms with Gasteiger partial charge in [0, 0.05) is 19.3 Å². The van der Waals surface area contributed by atoms with Gasteiger partial charge in [-0.25, -0.2) is 0 Å². The minimum Gasteiger partial charge on any atom is -0.462 e. The van der Waals surface area contributed by atoms with Crippen LogP contribution in [0.2, 0.25) is 0 Å². The fourth-order valence-electron chi connectivity index (χ4n) is 8.31. The van der Waals surface area contributed by atoms with Crippen molar-refractivity contribution in [1.82, 2.24) is 0 Å². The molecule has 0 N–H and O–H groups in total. The van der Waals surface area contributed by atoms with E-state index in [2.05, 4.69) is 34.6 Å². The number of hydrogen-bond acceptors (Lipinski definition) is 6. The van der Waals surface area contributed by atoms with Gasteiger partial charge in [0.05, 0.1) is 0 Å². The van der Waals surface area contributed by atoms with Crippen LogP contribution in [0.15, 0.2) is 0 Å². The molecule has 61 heavy (non-hydrogen) atoms. The number of esters is 3. The maximum Gasteiger partial charge on any atom is 0.306 e. The molecule has 0 heterocycles. The van der Waals surface area contributed by atoms with Crippen LogP contribution < -0.4 is 0 Å². The van der Waals surface area contributed by atoms with E-state index in [4.69, 9.17) is 14.2 Å². The van der Waals surface area contributed by atoms with E-state index in [1.807, 2.05) is 0 Å². The van der Waals surface area contributed by atoms with E-state index in [9.17, 15) is 14.4 Å². The molecule has 0 aromatic carbocycles. The topological polar surface area (TPSA) is 78.9 Å². The van der Waals surface area contributed by atoms with E-state index in [0.717, 1.165) is 69.6 Å². The first-order chi connectivity index (χ1) is 29.8. The second-order valence-electron chi connectivity index (χ2n) is 19.6. The lowest BCUT2D eigenvalue weighted by atomic mass is 10.00. The maximum absolute atomic E-state index is 12.8. The van der Waals surface area contributed by atoms with Crippen molar-refractivity contribution in [2.45, 2.75) is 310 Å². The highest BCUT2D eigenvalue weighted by Gasteiger charge is 2.19. The Labute approximate surface area is 380 Å². The molecule has 0 bridgehead atoms. The van der Waals surface area contributed by atoms with Crippen LogP contribution in [-0.4, -0.2) is 37.2 Å². The predicted molar refractivity (Wildman–Crippen MR) is 261 cm³/mol. The largest absolute Gasteiger partial charge is 0.462 e. The van der Waals surface area contributed by atoms with Crippen LogP contribution in [0.4, 0.5) is 0 Å². The Bertz CT molecular complexity index is 933. The predicted octanol–water partition coefficient (Wildman–Crippen LogP) is 17.7. The zero-order chi connectivity index (χ0) is 44.7. The van der Waals surface area contributed by atoms with Gasteiger partial charge < -0.3 is 14.2 Å². The van der Waals surface area contributed by atoms with Gasteiger partial charge in [-0.3, -0.25) is 14.4 Å². The molecule has 0 amide bonds. The molecular formula is C55H106O6. The molecule has 6 nitrogen and oxygen atoms in total. The summed E-state index contributed by atoms with van der Waals surface area (Å²) in [5.41, 5.74) is 0. The van der Waals surface area contributed by atoms with Crippen molar-refractivity contribution in [2.75, 3.05) is 13.2 Å². The molecule has 0 fully saturated rings. The molecule has 0 saturated carbocycles. The second-order valence-corrected chi connectivity index (χ2v) is 19.6. The van der Waals surface area contributed by atoms with Gasteiger partial charge in [-0.05, 0) is 31.1 Å². The highest BCUT2D eigenvalue weighted by atomic mass is 16.6. The van der Waals surface area contributed by atoms with Gasteiger partial charge in [0.25, 0.3) is 0 Å². The molecule has 2 atom stereocenters. The molecule has 0 aliphatic heterocycles. The van der Waals surface area contributed by atoms with Crippen molar-refractivity contribution in [3.05, 3.63) is 0 Å². The summed E-state index contributed by atoms with van der Waals surface area (Å²) in [6.45, 7) is 11.4. The van der Waals surface area contributed by atoms with Crippen molar-refractivity contribution in [3.8, 4) is 0 Å². The number of carbonyl (C=O) groups excluding carboxylic acids is 3. The summed E-state index contributed by atoms with van der Waals surface area (Å²) in [5, 5.41) is 0. The zero-order valence-electron chi connectivity index (χ0n) is 41.8. The summed E-state index contributed by atoms with van der Waals surface area (Å²) < 4.78 is 16.8. The van der Waals surface area contributed by atoms with Gasteiger partial charge in [-0.1, -0.05) is 266 Å². The zero-order valence-corrected chi connectivity index (χ0v) is 41.8. The van der Waals surface area contributed by atoms with Gasteiger partial charge in [0.15, 0.2) is 6.10 Å². The molecule has 0 aliphatic carbocycles. The summed E-state index contributed by atoms with van der Waals surface area (Å²) >= 11 is 0. The lowest BCUT2D eigenvalue weighted by molar-refractivity contribution is -0.167. The van der Waals surface area contributed by atoms with Crippen LogP contribution in [0.5, 0.6) is 0 Å². The molecule has 0 aliphatic rings. The first-order valence-corrected chi connectivity index (χ1v) is 27.3. The van der Waals surface area contributed by atoms with E-state index in [0.29, 0.717) is 19.3 Å². The summed E-state index contributed by atoms with van der Waals surface area (Å²) in [5.74, 6) is 0.806. The molecule has 0 radical (unpaired) electrons. The number of unbranched alkanes of at least 4 members (excludes halogenated alkanes) is 33. The summed E-state index contributed by atoms with van der Waals surface area (Å²) in [7, 11) is 0. The number of hydrogen-bond donors (Lipinski definition) is 0. The number of rotatable bonds is 49. The molecule has 0 aromatic rings. The standard InChI is InChI=1S/C55H106O6/c1-6-8-9-10-11-12-13-14-15-16-17-20-24-27-30-37-42-47-55(58)61-52(49-60-54(57)46-41-36-32-31-34-39-44-51(5)7-2)48-59-53(56)45-40-35-29-26-23-21-18-19-22-25-28-33-38-43-50(3)4/h50-52H,6-49H2,1-5H3/t51?,52-/m0/s1. The monoisotopic (exact) mass is 863 g/mol. The van der Waals surface area contributed by atoms with Crippen LogP contribution in [0.3, 0.4) is 0 Å². The molecule has 0 spiro atoms. The Morgan fingerprint density at radius 3 is 0.934 bits per heavy atom. The fourth-order valence-corrected chi connectivity index (χ4v) is 8.31. The number of ether oxygens (including phenoxy) is 3. The Morgan fingerprint density at radius 2 is 0.623 bits per heavy atom. The third-order valence-corrected chi connectivity index (χ3v) is 12.8. The fraction of sp³-hybridized carbons (Fsp3) is 0.945. The van der Waals surface area contributed by atoms with Crippen LogP contribution in [0.25, 0.3) is 0 Å². The third-order valence-electron chi connectivity index (χ3n) is 12.8. The summed E-state index contributed by atoms with van der Waals surface area (Å²) in [6, 6.07) is 0. The minimum absolute atomic E-state index is 0.0640. The van der Waals surface area contributed by atoms with Crippen molar-refractivity contribution in [1.29, 1.82) is 0 Å². The van der Waals surface area contributed by atoms with Gasteiger partial charge in [-0.2, -0.15) is 0 Å². The van der Waals surface area contributed by atoms with E-state index in [1.54, 1.807) is 0 Å². The smallest absolute Gasteiger partial charge is 0.306 e. The van der Waals surface area contributed by atoms with E-state index >= 15 is 0 Å². The summed E-state index contributed by atoms with van der Waals surface area (Å²) in [4.78, 5) is 38.0. The van der Waals surface area contributed by atoms with Crippen LogP contribution in [-0.2, 0) is 28.6 Å². The molecule has 1 unspecified atom stereocenters. The molecule has 6 heteroatoms. The van der Waals surface area contributed by atoms with Crippen molar-refractivity contribution in [2.24, 2.45) is 11.8 Å². The van der Waals surface area contributed by atoms with Crippen LogP contribution in [0.1, 0.15) is 304 Å². The lowest BCUT2D eigenvalue weighted by Crippen LogP contribution is -2.30. The third kappa shape index (κ3) is 47.7. The average molecular weight is 863 g/mol. The second kappa shape index (κ2) is 47.9. The first-order valence-electron chi connectivity index (χ1n) is 27.3. The number of carbonyl (C=O) groups is 3. The quantitative estimate of drug-likeness (QED) is 0.0344. The Morgan fingerprint density at radius 1 is 0.344 bits per heavy atom. The van der Waals surface area contributed by atoms with E-state index in [1.165, 1.54) is 193 Å². The van der Waals surface area contributed by atoms with Crippen molar-refractivity contribution in [3.63, 3.8) is 0 Å². The van der Waals surface area contributed by atoms with Crippen molar-refractivity contribution < 1.29 is 28.6 Å². The lowest BCUT2D eigenvalue weighted by Gasteiger charge is -2.18. The molecule has 0 rings (SSSR count). The Hall–Kier alpha value is -1.59. The first kappa shape index (κ1) is 59.4. The highest BCUT2D eigenvalue weighted by Crippen LogP contribution is 2.18.